The van der Waals surface area contributed by atoms with Crippen molar-refractivity contribution in [2.45, 2.75) is 50.9 Å². The highest BCUT2D eigenvalue weighted by molar-refractivity contribution is 5.75. The molecule has 1 saturated carbocycles. The standard InChI is InChI=1S/C18H25NO2/c19-12-18(17(20)21,10-13-8-9-13)11-15-6-3-5-14-4-1-2-7-16(14)15/h1-2,4,7,13,15H,3,5-6,8-12,19H2,(H,20,21). The molecule has 3 N–H and O–H groups in total. The quantitative estimate of drug-likeness (QED) is 0.843. The van der Waals surface area contributed by atoms with E-state index in [0.29, 0.717) is 18.3 Å². The van der Waals surface area contributed by atoms with E-state index >= 15 is 0 Å². The molecule has 0 aromatic heterocycles. The number of nitrogens with two attached hydrogens (primary N) is 1. The van der Waals surface area contributed by atoms with Crippen LogP contribution in [0.4, 0.5) is 0 Å². The molecule has 2 aliphatic rings. The van der Waals surface area contributed by atoms with Crippen LogP contribution in [0.5, 0.6) is 0 Å². The van der Waals surface area contributed by atoms with Gasteiger partial charge in [-0.1, -0.05) is 37.1 Å². The molecule has 2 atom stereocenters. The first kappa shape index (κ1) is 14.6. The van der Waals surface area contributed by atoms with Crippen LogP contribution in [0.3, 0.4) is 0 Å². The van der Waals surface area contributed by atoms with Crippen LogP contribution in [0.1, 0.15) is 55.6 Å². The molecule has 0 aliphatic heterocycles. The number of hydrogen-bond acceptors (Lipinski definition) is 2. The van der Waals surface area contributed by atoms with Crippen LogP contribution >= 0.6 is 0 Å². The molecule has 1 fully saturated rings. The molecule has 1 aromatic rings. The van der Waals surface area contributed by atoms with Crippen molar-refractivity contribution in [2.75, 3.05) is 6.54 Å². The molecule has 0 amide bonds. The van der Waals surface area contributed by atoms with Gasteiger partial charge in [0, 0.05) is 6.54 Å². The van der Waals surface area contributed by atoms with E-state index in [-0.39, 0.29) is 6.54 Å². The lowest BCUT2D eigenvalue weighted by atomic mass is 9.70. The second kappa shape index (κ2) is 5.80. The highest BCUT2D eigenvalue weighted by Crippen LogP contribution is 2.47. The van der Waals surface area contributed by atoms with E-state index in [1.165, 1.54) is 24.0 Å². The number of carboxylic acid groups (broad SMARTS) is 1. The van der Waals surface area contributed by atoms with E-state index in [1.54, 1.807) is 0 Å². The molecule has 0 saturated heterocycles. The van der Waals surface area contributed by atoms with Crippen molar-refractivity contribution in [1.29, 1.82) is 0 Å². The average Bonchev–Trinajstić information content (AvgIpc) is 3.30. The van der Waals surface area contributed by atoms with E-state index in [9.17, 15) is 9.90 Å². The molecule has 3 heteroatoms. The Kier molecular flexibility index (Phi) is 4.03. The Labute approximate surface area is 126 Å². The molecule has 3 rings (SSSR count). The summed E-state index contributed by atoms with van der Waals surface area (Å²) in [5.74, 6) is 0.247. The fourth-order valence-corrected chi connectivity index (χ4v) is 3.92. The van der Waals surface area contributed by atoms with Gasteiger partial charge in [0.25, 0.3) is 0 Å². The number of aryl methyl sites for hydroxylation is 1. The third-order valence-corrected chi connectivity index (χ3v) is 5.35. The molecule has 0 bridgehead atoms. The van der Waals surface area contributed by atoms with Gasteiger partial charge in [0.05, 0.1) is 5.41 Å². The van der Waals surface area contributed by atoms with Crippen molar-refractivity contribution < 1.29 is 9.90 Å². The fraction of sp³-hybridized carbons (Fsp3) is 0.611. The van der Waals surface area contributed by atoms with E-state index in [0.717, 1.165) is 25.7 Å². The lowest BCUT2D eigenvalue weighted by Crippen LogP contribution is -2.41. The van der Waals surface area contributed by atoms with Crippen LogP contribution in [-0.2, 0) is 11.2 Å². The third-order valence-electron chi connectivity index (χ3n) is 5.35. The molecular weight excluding hydrogens is 262 g/mol. The summed E-state index contributed by atoms with van der Waals surface area (Å²) in [4.78, 5) is 11.9. The Morgan fingerprint density at radius 1 is 1.24 bits per heavy atom. The maximum absolute atomic E-state index is 11.9. The predicted molar refractivity (Wildman–Crippen MR) is 83.2 cm³/mol. The van der Waals surface area contributed by atoms with Gasteiger partial charge < -0.3 is 10.8 Å². The summed E-state index contributed by atoms with van der Waals surface area (Å²) in [7, 11) is 0. The van der Waals surface area contributed by atoms with E-state index in [1.807, 2.05) is 0 Å². The van der Waals surface area contributed by atoms with E-state index in [4.69, 9.17) is 5.73 Å². The minimum Gasteiger partial charge on any atom is -0.481 e. The Balaban J connectivity index is 1.84. The van der Waals surface area contributed by atoms with Crippen LogP contribution in [0.25, 0.3) is 0 Å². The number of fused-ring (bicyclic) bond motifs is 1. The molecule has 21 heavy (non-hydrogen) atoms. The summed E-state index contributed by atoms with van der Waals surface area (Å²) >= 11 is 0. The molecule has 1 aromatic carbocycles. The maximum Gasteiger partial charge on any atom is 0.310 e. The van der Waals surface area contributed by atoms with E-state index < -0.39 is 11.4 Å². The van der Waals surface area contributed by atoms with Gasteiger partial charge in [-0.15, -0.1) is 0 Å². The number of aliphatic carboxylic acids is 1. The topological polar surface area (TPSA) is 63.3 Å². The van der Waals surface area contributed by atoms with Gasteiger partial charge in [-0.3, -0.25) is 4.79 Å². The highest BCUT2D eigenvalue weighted by Gasteiger charge is 2.44. The first-order valence-corrected chi connectivity index (χ1v) is 8.16. The number of hydrogen-bond donors (Lipinski definition) is 2. The molecule has 0 spiro atoms. The number of rotatable bonds is 6. The lowest BCUT2D eigenvalue weighted by Gasteiger charge is -2.35. The van der Waals surface area contributed by atoms with Crippen molar-refractivity contribution >= 4 is 5.97 Å². The lowest BCUT2D eigenvalue weighted by molar-refractivity contribution is -0.150. The van der Waals surface area contributed by atoms with Gasteiger partial charge in [-0.25, -0.2) is 0 Å². The minimum absolute atomic E-state index is 0.261. The first-order chi connectivity index (χ1) is 10.1. The smallest absolute Gasteiger partial charge is 0.310 e. The average molecular weight is 287 g/mol. The Morgan fingerprint density at radius 2 is 2.00 bits per heavy atom. The van der Waals surface area contributed by atoms with Crippen molar-refractivity contribution in [3.8, 4) is 0 Å². The monoisotopic (exact) mass is 287 g/mol. The van der Waals surface area contributed by atoms with Gasteiger partial charge in [-0.2, -0.15) is 0 Å². The summed E-state index contributed by atoms with van der Waals surface area (Å²) in [6.45, 7) is 0.261. The van der Waals surface area contributed by atoms with Crippen LogP contribution in [0, 0.1) is 11.3 Å². The fourth-order valence-electron chi connectivity index (χ4n) is 3.92. The van der Waals surface area contributed by atoms with Gasteiger partial charge >= 0.3 is 5.97 Å². The maximum atomic E-state index is 11.9. The van der Waals surface area contributed by atoms with Crippen LogP contribution < -0.4 is 5.73 Å². The van der Waals surface area contributed by atoms with Gasteiger partial charge in [0.15, 0.2) is 0 Å². The molecule has 2 unspecified atom stereocenters. The van der Waals surface area contributed by atoms with Crippen molar-refractivity contribution in [3.63, 3.8) is 0 Å². The van der Waals surface area contributed by atoms with Crippen molar-refractivity contribution in [1.82, 2.24) is 0 Å². The molecule has 3 nitrogen and oxygen atoms in total. The first-order valence-electron chi connectivity index (χ1n) is 8.16. The zero-order valence-electron chi connectivity index (χ0n) is 12.6. The molecule has 2 aliphatic carbocycles. The summed E-state index contributed by atoms with van der Waals surface area (Å²) in [6.07, 6.45) is 7.19. The second-order valence-electron chi connectivity index (χ2n) is 6.93. The molecule has 0 heterocycles. The predicted octanol–water partition coefficient (Wildman–Crippen LogP) is 3.33. The third kappa shape index (κ3) is 2.98. The van der Waals surface area contributed by atoms with Gasteiger partial charge in [-0.05, 0) is 55.1 Å². The number of carbonyl (C=O) groups is 1. The van der Waals surface area contributed by atoms with Gasteiger partial charge in [0.2, 0.25) is 0 Å². The van der Waals surface area contributed by atoms with Crippen LogP contribution in [0.15, 0.2) is 24.3 Å². The molecule has 0 radical (unpaired) electrons. The van der Waals surface area contributed by atoms with Crippen LogP contribution in [-0.4, -0.2) is 17.6 Å². The Morgan fingerprint density at radius 3 is 2.67 bits per heavy atom. The summed E-state index contributed by atoms with van der Waals surface area (Å²) in [5.41, 5.74) is 7.97. The largest absolute Gasteiger partial charge is 0.481 e. The van der Waals surface area contributed by atoms with E-state index in [2.05, 4.69) is 24.3 Å². The highest BCUT2D eigenvalue weighted by atomic mass is 16.4. The van der Waals surface area contributed by atoms with Crippen molar-refractivity contribution in [2.24, 2.45) is 17.1 Å². The van der Waals surface area contributed by atoms with Gasteiger partial charge in [0.1, 0.15) is 0 Å². The Hall–Kier alpha value is -1.35. The summed E-state index contributed by atoms with van der Waals surface area (Å²) in [6, 6.07) is 8.52. The number of carboxylic acids is 1. The van der Waals surface area contributed by atoms with Crippen molar-refractivity contribution in [3.05, 3.63) is 35.4 Å². The minimum atomic E-state index is -0.726. The number of benzene rings is 1. The SMILES string of the molecule is NCC(CC1CC1)(CC1CCCc2ccccc21)C(=O)O. The van der Waals surface area contributed by atoms with Crippen LogP contribution in [0.2, 0.25) is 0 Å². The zero-order chi connectivity index (χ0) is 14.9. The Bertz CT molecular complexity index is 524. The molecule has 114 valence electrons. The molecular formula is C18H25NO2. The zero-order valence-corrected chi connectivity index (χ0v) is 12.6. The summed E-state index contributed by atoms with van der Waals surface area (Å²) in [5, 5.41) is 9.80. The second-order valence-corrected chi connectivity index (χ2v) is 6.93. The summed E-state index contributed by atoms with van der Waals surface area (Å²) < 4.78 is 0. The normalized spacial score (nSPS) is 24.1.